The van der Waals surface area contributed by atoms with Gasteiger partial charge in [0.15, 0.2) is 0 Å². The number of benzene rings is 1. The van der Waals surface area contributed by atoms with Crippen molar-refractivity contribution in [2.75, 3.05) is 20.1 Å². The molecule has 1 aromatic carbocycles. The average molecular weight is 277 g/mol. The molecule has 4 heteroatoms. The lowest BCUT2D eigenvalue weighted by molar-refractivity contribution is -0.121. The molecule has 0 aliphatic rings. The number of carbonyl (C=O) groups excluding carboxylic acids is 1. The highest BCUT2D eigenvalue weighted by molar-refractivity contribution is 5.76. The molecule has 1 rings (SSSR count). The second kappa shape index (κ2) is 8.72. The first-order valence-electron chi connectivity index (χ1n) is 7.28. The van der Waals surface area contributed by atoms with Gasteiger partial charge in [-0.2, -0.15) is 0 Å². The van der Waals surface area contributed by atoms with Gasteiger partial charge in [0.05, 0.1) is 0 Å². The van der Waals surface area contributed by atoms with Gasteiger partial charge in [0.2, 0.25) is 5.91 Å². The summed E-state index contributed by atoms with van der Waals surface area (Å²) in [6.45, 7) is 6.02. The van der Waals surface area contributed by atoms with Crippen molar-refractivity contribution in [3.8, 4) is 0 Å². The average Bonchev–Trinajstić information content (AvgIpc) is 2.44. The molecule has 0 spiro atoms. The summed E-state index contributed by atoms with van der Waals surface area (Å²) in [6.07, 6.45) is 1.30. The van der Waals surface area contributed by atoms with Crippen LogP contribution in [0.15, 0.2) is 30.3 Å². The molecule has 3 N–H and O–H groups in total. The molecule has 0 heterocycles. The molecule has 0 saturated carbocycles. The first-order chi connectivity index (χ1) is 9.50. The lowest BCUT2D eigenvalue weighted by atomic mass is 10.0. The normalized spacial score (nSPS) is 12.7. The van der Waals surface area contributed by atoms with E-state index >= 15 is 0 Å². The van der Waals surface area contributed by atoms with Gasteiger partial charge in [0.1, 0.15) is 0 Å². The van der Waals surface area contributed by atoms with E-state index in [0.29, 0.717) is 19.0 Å². The topological polar surface area (TPSA) is 58.4 Å². The van der Waals surface area contributed by atoms with E-state index in [1.807, 2.05) is 30.3 Å². The highest BCUT2D eigenvalue weighted by Gasteiger charge is 2.11. The van der Waals surface area contributed by atoms with Crippen LogP contribution in [0.3, 0.4) is 0 Å². The van der Waals surface area contributed by atoms with Crippen molar-refractivity contribution in [2.24, 2.45) is 5.73 Å². The monoisotopic (exact) mass is 277 g/mol. The van der Waals surface area contributed by atoms with E-state index in [1.165, 1.54) is 0 Å². The van der Waals surface area contributed by atoms with E-state index in [4.69, 9.17) is 5.73 Å². The van der Waals surface area contributed by atoms with Crippen molar-refractivity contribution in [1.29, 1.82) is 0 Å². The molecule has 0 aromatic heterocycles. The fourth-order valence-corrected chi connectivity index (χ4v) is 1.90. The maximum absolute atomic E-state index is 11.8. The molecule has 20 heavy (non-hydrogen) atoms. The smallest absolute Gasteiger partial charge is 0.221 e. The van der Waals surface area contributed by atoms with Gasteiger partial charge in [-0.25, -0.2) is 0 Å². The Morgan fingerprint density at radius 1 is 1.30 bits per heavy atom. The zero-order chi connectivity index (χ0) is 15.0. The molecule has 0 saturated heterocycles. The van der Waals surface area contributed by atoms with E-state index in [1.54, 1.807) is 0 Å². The third kappa shape index (κ3) is 6.17. The minimum atomic E-state index is -0.227. The van der Waals surface area contributed by atoms with Crippen molar-refractivity contribution in [2.45, 2.75) is 38.8 Å². The van der Waals surface area contributed by atoms with Crippen molar-refractivity contribution in [3.05, 3.63) is 35.9 Å². The van der Waals surface area contributed by atoms with Crippen molar-refractivity contribution in [1.82, 2.24) is 10.2 Å². The summed E-state index contributed by atoms with van der Waals surface area (Å²) in [6, 6.07) is 10.0. The van der Waals surface area contributed by atoms with E-state index in [2.05, 4.69) is 31.1 Å². The second-order valence-electron chi connectivity index (χ2n) is 5.50. The van der Waals surface area contributed by atoms with E-state index in [-0.39, 0.29) is 11.9 Å². The van der Waals surface area contributed by atoms with Crippen LogP contribution >= 0.6 is 0 Å². The number of nitrogens with one attached hydrogen (secondary N) is 1. The van der Waals surface area contributed by atoms with Crippen LogP contribution in [0.5, 0.6) is 0 Å². The van der Waals surface area contributed by atoms with Crippen LogP contribution in [0.25, 0.3) is 0 Å². The molecule has 1 atom stereocenters. The SMILES string of the molecule is CC(C)N(C)CCCNC(=O)CC(N)c1ccccc1. The minimum Gasteiger partial charge on any atom is -0.356 e. The van der Waals surface area contributed by atoms with Crippen LogP contribution in [0.1, 0.15) is 38.3 Å². The maximum Gasteiger partial charge on any atom is 0.221 e. The van der Waals surface area contributed by atoms with Crippen molar-refractivity contribution >= 4 is 5.91 Å². The molecule has 0 fully saturated rings. The predicted molar refractivity (Wildman–Crippen MR) is 83.4 cm³/mol. The molecule has 1 unspecified atom stereocenters. The van der Waals surface area contributed by atoms with Gasteiger partial charge in [0, 0.05) is 25.0 Å². The molecule has 1 amide bonds. The van der Waals surface area contributed by atoms with Crippen LogP contribution in [-0.4, -0.2) is 37.0 Å². The van der Waals surface area contributed by atoms with Gasteiger partial charge in [-0.1, -0.05) is 30.3 Å². The molecule has 0 aliphatic heterocycles. The third-order valence-electron chi connectivity index (χ3n) is 3.52. The Morgan fingerprint density at radius 3 is 2.55 bits per heavy atom. The van der Waals surface area contributed by atoms with Crippen LogP contribution < -0.4 is 11.1 Å². The zero-order valence-electron chi connectivity index (χ0n) is 12.8. The number of nitrogens with two attached hydrogens (primary N) is 1. The summed E-state index contributed by atoms with van der Waals surface area (Å²) in [4.78, 5) is 14.1. The van der Waals surface area contributed by atoms with Crippen LogP contribution in [0.4, 0.5) is 0 Å². The summed E-state index contributed by atoms with van der Waals surface area (Å²) in [5.74, 6) is 0.0218. The maximum atomic E-state index is 11.8. The summed E-state index contributed by atoms with van der Waals surface area (Å²) < 4.78 is 0. The number of hydrogen-bond acceptors (Lipinski definition) is 3. The highest BCUT2D eigenvalue weighted by atomic mass is 16.1. The van der Waals surface area contributed by atoms with Gasteiger partial charge >= 0.3 is 0 Å². The van der Waals surface area contributed by atoms with E-state index in [9.17, 15) is 4.79 Å². The van der Waals surface area contributed by atoms with Gasteiger partial charge in [0.25, 0.3) is 0 Å². The van der Waals surface area contributed by atoms with Crippen LogP contribution in [0, 0.1) is 0 Å². The molecule has 4 nitrogen and oxygen atoms in total. The predicted octanol–water partition coefficient (Wildman–Crippen LogP) is 1.92. The van der Waals surface area contributed by atoms with Crippen molar-refractivity contribution < 1.29 is 4.79 Å². The standard InChI is InChI=1S/C16H27N3O/c1-13(2)19(3)11-7-10-18-16(20)12-15(17)14-8-5-4-6-9-14/h4-6,8-9,13,15H,7,10-12,17H2,1-3H3,(H,18,20). The molecule has 0 aliphatic carbocycles. The van der Waals surface area contributed by atoms with Crippen molar-refractivity contribution in [3.63, 3.8) is 0 Å². The quantitative estimate of drug-likeness (QED) is 0.714. The van der Waals surface area contributed by atoms with Gasteiger partial charge in [-0.3, -0.25) is 4.79 Å². The number of rotatable bonds is 8. The van der Waals surface area contributed by atoms with E-state index in [0.717, 1.165) is 18.5 Å². The number of hydrogen-bond donors (Lipinski definition) is 2. The number of nitrogens with zero attached hydrogens (tertiary/aromatic N) is 1. The fourth-order valence-electron chi connectivity index (χ4n) is 1.90. The van der Waals surface area contributed by atoms with Crippen LogP contribution in [0.2, 0.25) is 0 Å². The summed E-state index contributed by atoms with van der Waals surface area (Å²) in [5, 5.41) is 2.93. The number of carbonyl (C=O) groups is 1. The van der Waals surface area contributed by atoms with Gasteiger partial charge in [-0.05, 0) is 39.4 Å². The molecule has 1 aromatic rings. The zero-order valence-corrected chi connectivity index (χ0v) is 12.8. The van der Waals surface area contributed by atoms with Gasteiger partial charge < -0.3 is 16.0 Å². The Balaban J connectivity index is 2.21. The lowest BCUT2D eigenvalue weighted by Gasteiger charge is -2.20. The molecule has 0 bridgehead atoms. The Kier molecular flexibility index (Phi) is 7.26. The Bertz CT molecular complexity index is 392. The summed E-state index contributed by atoms with van der Waals surface area (Å²) in [7, 11) is 2.10. The molecule has 112 valence electrons. The Morgan fingerprint density at radius 2 is 1.95 bits per heavy atom. The summed E-state index contributed by atoms with van der Waals surface area (Å²) >= 11 is 0. The molecular weight excluding hydrogens is 250 g/mol. The lowest BCUT2D eigenvalue weighted by Crippen LogP contribution is -2.32. The largest absolute Gasteiger partial charge is 0.356 e. The van der Waals surface area contributed by atoms with E-state index < -0.39 is 0 Å². The number of amides is 1. The Labute approximate surface area is 122 Å². The highest BCUT2D eigenvalue weighted by Crippen LogP contribution is 2.12. The fraction of sp³-hybridized carbons (Fsp3) is 0.562. The molecular formula is C16H27N3O. The summed E-state index contributed by atoms with van der Waals surface area (Å²) in [5.41, 5.74) is 7.02. The first kappa shape index (κ1) is 16.7. The second-order valence-corrected chi connectivity index (χ2v) is 5.50. The minimum absolute atomic E-state index is 0.0218. The first-order valence-corrected chi connectivity index (χ1v) is 7.28. The molecule has 0 radical (unpaired) electrons. The van der Waals surface area contributed by atoms with Crippen LogP contribution in [-0.2, 0) is 4.79 Å². The Hall–Kier alpha value is -1.39. The third-order valence-corrected chi connectivity index (χ3v) is 3.52. The van der Waals surface area contributed by atoms with Gasteiger partial charge in [-0.15, -0.1) is 0 Å².